The van der Waals surface area contributed by atoms with Gasteiger partial charge in [-0.2, -0.15) is 17.0 Å². The molecule has 1 aromatic rings. The van der Waals surface area contributed by atoms with Crippen LogP contribution in [0.4, 0.5) is 0 Å². The molecule has 0 aromatic heterocycles. The third-order valence-corrected chi connectivity index (χ3v) is 4.02. The Morgan fingerprint density at radius 2 is 2.11 bits per heavy atom. The van der Waals surface area contributed by atoms with Crippen molar-refractivity contribution in [2.45, 2.75) is 25.4 Å². The van der Waals surface area contributed by atoms with Crippen LogP contribution in [0.2, 0.25) is 0 Å². The molecule has 1 aromatic carbocycles. The Hall–Kier alpha value is -1.34. The van der Waals surface area contributed by atoms with Crippen molar-refractivity contribution < 1.29 is 9.47 Å². The highest BCUT2D eigenvalue weighted by atomic mass is 32.2. The van der Waals surface area contributed by atoms with Crippen LogP contribution in [0, 0.1) is 11.3 Å². The summed E-state index contributed by atoms with van der Waals surface area (Å²) in [5, 5.41) is 8.69. The van der Waals surface area contributed by atoms with Crippen LogP contribution in [0.5, 0.6) is 11.5 Å². The predicted octanol–water partition coefficient (Wildman–Crippen LogP) is 3.04. The first-order valence-electron chi connectivity index (χ1n) is 6.11. The fraction of sp³-hybridized carbons (Fsp3) is 0.500. The zero-order chi connectivity index (χ0) is 12.8. The molecule has 4 heteroatoms. The molecule has 0 radical (unpaired) electrons. The SMILES string of the molecule is COc1cc(CC#N)ccc1OC1CCSCC1. The lowest BCUT2D eigenvalue weighted by Gasteiger charge is -2.23. The number of ether oxygens (including phenoxy) is 2. The van der Waals surface area contributed by atoms with Gasteiger partial charge in [0.15, 0.2) is 11.5 Å². The van der Waals surface area contributed by atoms with Crippen molar-refractivity contribution in [3.8, 4) is 17.6 Å². The first-order valence-corrected chi connectivity index (χ1v) is 7.27. The summed E-state index contributed by atoms with van der Waals surface area (Å²) in [6.07, 6.45) is 2.88. The minimum absolute atomic E-state index is 0.293. The summed E-state index contributed by atoms with van der Waals surface area (Å²) in [4.78, 5) is 0. The van der Waals surface area contributed by atoms with E-state index < -0.39 is 0 Å². The molecule has 0 unspecified atom stereocenters. The average Bonchev–Trinajstić information content (AvgIpc) is 2.42. The van der Waals surface area contributed by atoms with Gasteiger partial charge in [-0.3, -0.25) is 0 Å². The Bertz CT molecular complexity index is 436. The fourth-order valence-corrected chi connectivity index (χ4v) is 3.05. The van der Waals surface area contributed by atoms with Gasteiger partial charge < -0.3 is 9.47 Å². The molecule has 1 aliphatic heterocycles. The van der Waals surface area contributed by atoms with Gasteiger partial charge in [0.05, 0.1) is 19.6 Å². The second-order valence-corrected chi connectivity index (χ2v) is 5.47. The molecule has 0 N–H and O–H groups in total. The van der Waals surface area contributed by atoms with Crippen molar-refractivity contribution in [3.63, 3.8) is 0 Å². The summed E-state index contributed by atoms with van der Waals surface area (Å²) in [7, 11) is 1.63. The van der Waals surface area contributed by atoms with Crippen molar-refractivity contribution in [2.24, 2.45) is 0 Å². The quantitative estimate of drug-likeness (QED) is 0.837. The lowest BCUT2D eigenvalue weighted by Crippen LogP contribution is -2.22. The molecule has 0 amide bonds. The van der Waals surface area contributed by atoms with Crippen LogP contribution in [-0.4, -0.2) is 24.7 Å². The molecule has 1 saturated heterocycles. The lowest BCUT2D eigenvalue weighted by molar-refractivity contribution is 0.184. The number of hydrogen-bond donors (Lipinski definition) is 0. The predicted molar refractivity (Wildman–Crippen MR) is 73.3 cm³/mol. The Morgan fingerprint density at radius 3 is 2.78 bits per heavy atom. The number of rotatable bonds is 4. The number of nitrogens with zero attached hydrogens (tertiary/aromatic N) is 1. The van der Waals surface area contributed by atoms with E-state index in [9.17, 15) is 0 Å². The Kier molecular flexibility index (Phi) is 4.77. The molecule has 96 valence electrons. The molecule has 2 rings (SSSR count). The molecule has 0 saturated carbocycles. The van der Waals surface area contributed by atoms with E-state index in [1.807, 2.05) is 30.0 Å². The molecule has 3 nitrogen and oxygen atoms in total. The zero-order valence-corrected chi connectivity index (χ0v) is 11.3. The van der Waals surface area contributed by atoms with E-state index in [0.29, 0.717) is 12.5 Å². The first kappa shape index (κ1) is 13.1. The van der Waals surface area contributed by atoms with Gasteiger partial charge in [-0.1, -0.05) is 6.07 Å². The largest absolute Gasteiger partial charge is 0.493 e. The molecule has 1 aliphatic rings. The molecule has 18 heavy (non-hydrogen) atoms. The average molecular weight is 263 g/mol. The second-order valence-electron chi connectivity index (χ2n) is 4.25. The molecule has 0 spiro atoms. The lowest BCUT2D eigenvalue weighted by atomic mass is 10.1. The van der Waals surface area contributed by atoms with Crippen LogP contribution in [0.1, 0.15) is 18.4 Å². The second kappa shape index (κ2) is 6.55. The molecule has 0 bridgehead atoms. The summed E-state index contributed by atoms with van der Waals surface area (Å²) in [5.74, 6) is 3.84. The highest BCUT2D eigenvalue weighted by Gasteiger charge is 2.17. The van der Waals surface area contributed by atoms with Crippen molar-refractivity contribution in [2.75, 3.05) is 18.6 Å². The smallest absolute Gasteiger partial charge is 0.161 e. The maximum Gasteiger partial charge on any atom is 0.161 e. The molecule has 0 atom stereocenters. The van der Waals surface area contributed by atoms with Gasteiger partial charge in [0.1, 0.15) is 6.10 Å². The topological polar surface area (TPSA) is 42.2 Å². The third kappa shape index (κ3) is 3.33. The van der Waals surface area contributed by atoms with Crippen LogP contribution in [-0.2, 0) is 6.42 Å². The Balaban J connectivity index is 2.09. The van der Waals surface area contributed by atoms with Crippen molar-refractivity contribution in [1.82, 2.24) is 0 Å². The standard InChI is InChI=1S/C14H17NO2S/c1-16-14-10-11(4-7-15)2-3-13(14)17-12-5-8-18-9-6-12/h2-3,10,12H,4-6,8-9H2,1H3. The summed E-state index contributed by atoms with van der Waals surface area (Å²) >= 11 is 1.98. The van der Waals surface area contributed by atoms with Crippen LogP contribution < -0.4 is 9.47 Å². The van der Waals surface area contributed by atoms with Gasteiger partial charge in [-0.15, -0.1) is 0 Å². The number of thioether (sulfide) groups is 1. The van der Waals surface area contributed by atoms with Gasteiger partial charge >= 0.3 is 0 Å². The highest BCUT2D eigenvalue weighted by molar-refractivity contribution is 7.99. The summed E-state index contributed by atoms with van der Waals surface area (Å²) < 4.78 is 11.3. The van der Waals surface area contributed by atoms with E-state index in [1.165, 1.54) is 11.5 Å². The fourth-order valence-electron chi connectivity index (χ4n) is 1.98. The molecular weight excluding hydrogens is 246 g/mol. The van der Waals surface area contributed by atoms with Gasteiger partial charge in [0, 0.05) is 0 Å². The van der Waals surface area contributed by atoms with Crippen molar-refractivity contribution >= 4 is 11.8 Å². The van der Waals surface area contributed by atoms with Crippen molar-refractivity contribution in [3.05, 3.63) is 23.8 Å². The van der Waals surface area contributed by atoms with E-state index >= 15 is 0 Å². The maximum absolute atomic E-state index is 8.69. The van der Waals surface area contributed by atoms with Crippen LogP contribution >= 0.6 is 11.8 Å². The Labute approximate surface area is 112 Å². The van der Waals surface area contributed by atoms with Gasteiger partial charge in [-0.25, -0.2) is 0 Å². The highest BCUT2D eigenvalue weighted by Crippen LogP contribution is 2.31. The Morgan fingerprint density at radius 1 is 1.33 bits per heavy atom. The number of hydrogen-bond acceptors (Lipinski definition) is 4. The minimum Gasteiger partial charge on any atom is -0.493 e. The molecule has 1 heterocycles. The molecule has 1 fully saturated rings. The third-order valence-electron chi connectivity index (χ3n) is 2.97. The maximum atomic E-state index is 8.69. The summed E-state index contributed by atoms with van der Waals surface area (Å²) in [5.41, 5.74) is 0.959. The van der Waals surface area contributed by atoms with Gasteiger partial charge in [0.25, 0.3) is 0 Å². The van der Waals surface area contributed by atoms with E-state index in [0.717, 1.165) is 29.9 Å². The van der Waals surface area contributed by atoms with Gasteiger partial charge in [0.2, 0.25) is 0 Å². The number of methoxy groups -OCH3 is 1. The van der Waals surface area contributed by atoms with Crippen LogP contribution in [0.15, 0.2) is 18.2 Å². The van der Waals surface area contributed by atoms with E-state index in [-0.39, 0.29) is 0 Å². The first-order chi connectivity index (χ1) is 8.83. The van der Waals surface area contributed by atoms with Crippen LogP contribution in [0.25, 0.3) is 0 Å². The zero-order valence-electron chi connectivity index (χ0n) is 10.5. The van der Waals surface area contributed by atoms with E-state index in [1.54, 1.807) is 7.11 Å². The number of nitriles is 1. The minimum atomic E-state index is 0.293. The van der Waals surface area contributed by atoms with E-state index in [4.69, 9.17) is 14.7 Å². The number of benzene rings is 1. The normalized spacial score (nSPS) is 16.0. The van der Waals surface area contributed by atoms with E-state index in [2.05, 4.69) is 6.07 Å². The molecular formula is C14H17NO2S. The molecule has 0 aliphatic carbocycles. The summed E-state index contributed by atoms with van der Waals surface area (Å²) in [6, 6.07) is 7.86. The van der Waals surface area contributed by atoms with Crippen molar-refractivity contribution in [1.29, 1.82) is 5.26 Å². The van der Waals surface area contributed by atoms with Gasteiger partial charge in [-0.05, 0) is 42.0 Å². The monoisotopic (exact) mass is 263 g/mol. The summed E-state index contributed by atoms with van der Waals surface area (Å²) in [6.45, 7) is 0. The van der Waals surface area contributed by atoms with Crippen LogP contribution in [0.3, 0.4) is 0 Å².